The van der Waals surface area contributed by atoms with Gasteiger partial charge < -0.3 is 15.5 Å². The number of carbonyl (C=O) groups is 1. The summed E-state index contributed by atoms with van der Waals surface area (Å²) in [5, 5.41) is 0.947. The van der Waals surface area contributed by atoms with Gasteiger partial charge in [0.05, 0.1) is 6.04 Å². The summed E-state index contributed by atoms with van der Waals surface area (Å²) in [6.45, 7) is 6.82. The zero-order valence-corrected chi connectivity index (χ0v) is 14.1. The molecule has 6 nitrogen and oxygen atoms in total. The molecule has 0 saturated carbocycles. The molecule has 2 N–H and O–H groups in total. The van der Waals surface area contributed by atoms with E-state index in [1.54, 1.807) is 6.92 Å². The topological polar surface area (TPSA) is 75.4 Å². The number of halogens is 2. The van der Waals surface area contributed by atoms with Crippen LogP contribution in [0, 0.1) is 6.92 Å². The number of nitrogens with zero attached hydrogens (tertiary/aromatic N) is 4. The molecule has 1 aromatic heterocycles. The highest BCUT2D eigenvalue weighted by Gasteiger charge is 2.22. The third-order valence-electron chi connectivity index (χ3n) is 2.98. The smallest absolute Gasteiger partial charge is 0.239 e. The van der Waals surface area contributed by atoms with Crippen molar-refractivity contribution in [3.8, 4) is 0 Å². The third-order valence-corrected chi connectivity index (χ3v) is 3.85. The molecule has 1 saturated heterocycles. The fraction of sp³-hybridized carbons (Fsp3) is 0.727. The van der Waals surface area contributed by atoms with Crippen molar-refractivity contribution in [2.45, 2.75) is 26.3 Å². The minimum absolute atomic E-state index is 0. The second-order valence-corrected chi connectivity index (χ2v) is 5.31. The summed E-state index contributed by atoms with van der Waals surface area (Å²) in [5.41, 5.74) is 5.64. The van der Waals surface area contributed by atoms with Gasteiger partial charge in [0.1, 0.15) is 5.82 Å². The van der Waals surface area contributed by atoms with Crippen LogP contribution in [0.4, 0.5) is 5.13 Å². The average molecular weight is 342 g/mol. The van der Waals surface area contributed by atoms with Crippen molar-refractivity contribution in [2.75, 3.05) is 31.1 Å². The second kappa shape index (κ2) is 8.61. The van der Waals surface area contributed by atoms with Crippen LogP contribution in [0.1, 0.15) is 19.2 Å². The maximum atomic E-state index is 11.9. The summed E-state index contributed by atoms with van der Waals surface area (Å²) in [6, 6.07) is -0.416. The van der Waals surface area contributed by atoms with Gasteiger partial charge in [0.2, 0.25) is 11.0 Å². The maximum absolute atomic E-state index is 11.9. The van der Waals surface area contributed by atoms with E-state index < -0.39 is 6.04 Å². The van der Waals surface area contributed by atoms with Gasteiger partial charge in [0.25, 0.3) is 0 Å². The molecule has 2 heterocycles. The number of amides is 1. The quantitative estimate of drug-likeness (QED) is 0.870. The zero-order valence-electron chi connectivity index (χ0n) is 11.6. The standard InChI is InChI=1S/C11H19N5OS.2ClH/c1-8(12)10(17)15-4-3-5-16(7-6-15)11-13-9(2)14-18-11;;/h8H,3-7,12H2,1-2H3;2*1H/t8-;;/m1../s1. The van der Waals surface area contributed by atoms with Crippen molar-refractivity contribution >= 4 is 47.4 Å². The molecular formula is C11H21Cl2N5OS. The number of hydrogen-bond donors (Lipinski definition) is 1. The van der Waals surface area contributed by atoms with Crippen LogP contribution in [0.15, 0.2) is 0 Å². The Morgan fingerprint density at radius 1 is 1.30 bits per heavy atom. The summed E-state index contributed by atoms with van der Waals surface area (Å²) in [5.74, 6) is 0.841. The predicted octanol–water partition coefficient (Wildman–Crippen LogP) is 1.08. The molecule has 1 atom stereocenters. The lowest BCUT2D eigenvalue weighted by atomic mass is 10.3. The van der Waals surface area contributed by atoms with Gasteiger partial charge in [-0.2, -0.15) is 4.37 Å². The van der Waals surface area contributed by atoms with Crippen LogP contribution in [0.2, 0.25) is 0 Å². The molecular weight excluding hydrogens is 321 g/mol. The van der Waals surface area contributed by atoms with E-state index in [-0.39, 0.29) is 30.7 Å². The van der Waals surface area contributed by atoms with Crippen LogP contribution in [0.3, 0.4) is 0 Å². The summed E-state index contributed by atoms with van der Waals surface area (Å²) >= 11 is 1.42. The fourth-order valence-corrected chi connectivity index (χ4v) is 2.76. The maximum Gasteiger partial charge on any atom is 0.239 e. The average Bonchev–Trinajstić information content (AvgIpc) is 2.63. The minimum Gasteiger partial charge on any atom is -0.345 e. The van der Waals surface area contributed by atoms with Crippen LogP contribution < -0.4 is 10.6 Å². The van der Waals surface area contributed by atoms with Gasteiger partial charge in [-0.3, -0.25) is 4.79 Å². The Balaban J connectivity index is 0.00000180. The van der Waals surface area contributed by atoms with Gasteiger partial charge in [-0.15, -0.1) is 24.8 Å². The molecule has 0 aromatic carbocycles. The van der Waals surface area contributed by atoms with E-state index in [0.29, 0.717) is 6.54 Å². The molecule has 1 fully saturated rings. The third kappa shape index (κ3) is 4.73. The molecule has 116 valence electrons. The number of anilines is 1. The molecule has 0 bridgehead atoms. The van der Waals surface area contributed by atoms with E-state index in [1.165, 1.54) is 11.5 Å². The first kappa shape index (κ1) is 19.4. The highest BCUT2D eigenvalue weighted by molar-refractivity contribution is 7.09. The van der Waals surface area contributed by atoms with Gasteiger partial charge >= 0.3 is 0 Å². The number of aromatic nitrogens is 2. The summed E-state index contributed by atoms with van der Waals surface area (Å²) in [7, 11) is 0. The number of carbonyl (C=O) groups excluding carboxylic acids is 1. The number of aryl methyl sites for hydroxylation is 1. The lowest BCUT2D eigenvalue weighted by Crippen LogP contribution is -2.43. The van der Waals surface area contributed by atoms with Gasteiger partial charge in [-0.1, -0.05) is 0 Å². The van der Waals surface area contributed by atoms with Crippen molar-refractivity contribution in [1.82, 2.24) is 14.3 Å². The molecule has 2 rings (SSSR count). The number of nitrogens with two attached hydrogens (primary N) is 1. The van der Waals surface area contributed by atoms with E-state index >= 15 is 0 Å². The molecule has 1 amide bonds. The Bertz CT molecular complexity index is 429. The molecule has 1 aliphatic rings. The van der Waals surface area contributed by atoms with E-state index in [0.717, 1.165) is 37.0 Å². The van der Waals surface area contributed by atoms with E-state index in [1.807, 2.05) is 11.8 Å². The van der Waals surface area contributed by atoms with Gasteiger partial charge in [-0.05, 0) is 20.3 Å². The first-order valence-corrected chi connectivity index (χ1v) is 6.95. The van der Waals surface area contributed by atoms with Crippen LogP contribution in [0.5, 0.6) is 0 Å². The molecule has 1 aliphatic heterocycles. The molecule has 0 radical (unpaired) electrons. The van der Waals surface area contributed by atoms with Crippen molar-refractivity contribution < 1.29 is 4.79 Å². The van der Waals surface area contributed by atoms with Gasteiger partial charge in [-0.25, -0.2) is 4.98 Å². The van der Waals surface area contributed by atoms with E-state index in [4.69, 9.17) is 5.73 Å². The Kier molecular flexibility index (Phi) is 8.34. The van der Waals surface area contributed by atoms with Crippen LogP contribution >= 0.6 is 36.3 Å². The SMILES string of the molecule is Cc1nsc(N2CCCN(C(=O)[C@@H](C)N)CC2)n1.Cl.Cl. The lowest BCUT2D eigenvalue weighted by molar-refractivity contribution is -0.131. The highest BCUT2D eigenvalue weighted by Crippen LogP contribution is 2.18. The Morgan fingerprint density at radius 2 is 2.00 bits per heavy atom. The summed E-state index contributed by atoms with van der Waals surface area (Å²) in [4.78, 5) is 20.3. The van der Waals surface area contributed by atoms with Crippen LogP contribution in [-0.2, 0) is 4.79 Å². The molecule has 1 aromatic rings. The largest absolute Gasteiger partial charge is 0.345 e. The normalized spacial score (nSPS) is 16.8. The molecule has 0 aliphatic carbocycles. The Hall–Kier alpha value is -0.630. The van der Waals surface area contributed by atoms with Crippen molar-refractivity contribution in [2.24, 2.45) is 5.73 Å². The second-order valence-electron chi connectivity index (χ2n) is 4.58. The van der Waals surface area contributed by atoms with Crippen LogP contribution in [-0.4, -0.2) is 52.4 Å². The van der Waals surface area contributed by atoms with Crippen molar-refractivity contribution in [3.63, 3.8) is 0 Å². The summed E-state index contributed by atoms with van der Waals surface area (Å²) in [6.07, 6.45) is 0.942. The molecule has 9 heteroatoms. The first-order valence-electron chi connectivity index (χ1n) is 6.17. The zero-order chi connectivity index (χ0) is 13.1. The molecule has 0 spiro atoms. The number of hydrogen-bond acceptors (Lipinski definition) is 6. The molecule has 20 heavy (non-hydrogen) atoms. The summed E-state index contributed by atoms with van der Waals surface area (Å²) < 4.78 is 4.19. The van der Waals surface area contributed by atoms with Crippen LogP contribution in [0.25, 0.3) is 0 Å². The van der Waals surface area contributed by atoms with Crippen molar-refractivity contribution in [1.29, 1.82) is 0 Å². The number of rotatable bonds is 2. The predicted molar refractivity (Wildman–Crippen MR) is 86.2 cm³/mol. The van der Waals surface area contributed by atoms with Crippen molar-refractivity contribution in [3.05, 3.63) is 5.82 Å². The van der Waals surface area contributed by atoms with Gasteiger partial charge in [0.15, 0.2) is 0 Å². The van der Waals surface area contributed by atoms with E-state index in [9.17, 15) is 4.79 Å². The highest BCUT2D eigenvalue weighted by atomic mass is 35.5. The van der Waals surface area contributed by atoms with E-state index in [2.05, 4.69) is 14.3 Å². The fourth-order valence-electron chi connectivity index (χ4n) is 2.03. The molecule has 0 unspecified atom stereocenters. The Morgan fingerprint density at radius 3 is 2.55 bits per heavy atom. The Labute approximate surface area is 135 Å². The minimum atomic E-state index is -0.416. The van der Waals surface area contributed by atoms with Gasteiger partial charge in [0, 0.05) is 37.7 Å². The monoisotopic (exact) mass is 341 g/mol. The lowest BCUT2D eigenvalue weighted by Gasteiger charge is -2.22. The first-order chi connectivity index (χ1) is 8.58.